The third-order valence-corrected chi connectivity index (χ3v) is 4.42. The summed E-state index contributed by atoms with van der Waals surface area (Å²) in [6, 6.07) is 0. The van der Waals surface area contributed by atoms with E-state index in [-0.39, 0.29) is 23.6 Å². The van der Waals surface area contributed by atoms with Crippen molar-refractivity contribution < 1.29 is 19.0 Å². The van der Waals surface area contributed by atoms with Gasteiger partial charge in [-0.3, -0.25) is 4.79 Å². The van der Waals surface area contributed by atoms with Gasteiger partial charge in [0.1, 0.15) is 0 Å². The van der Waals surface area contributed by atoms with Crippen LogP contribution < -0.4 is 0 Å². The van der Waals surface area contributed by atoms with Gasteiger partial charge in [0, 0.05) is 13.0 Å². The highest BCUT2D eigenvalue weighted by Crippen LogP contribution is 2.53. The molecule has 1 spiro atoms. The van der Waals surface area contributed by atoms with E-state index in [4.69, 9.17) is 14.2 Å². The average molecular weight is 270 g/mol. The summed E-state index contributed by atoms with van der Waals surface area (Å²) in [6.07, 6.45) is 1.31. The molecule has 0 aromatic rings. The lowest BCUT2D eigenvalue weighted by Crippen LogP contribution is -2.48. The van der Waals surface area contributed by atoms with Gasteiger partial charge in [-0.25, -0.2) is 0 Å². The first-order valence-corrected chi connectivity index (χ1v) is 7.11. The Balaban J connectivity index is 2.09. The Hall–Kier alpha value is -0.610. The molecule has 1 saturated carbocycles. The van der Waals surface area contributed by atoms with Crippen LogP contribution in [0.2, 0.25) is 0 Å². The Morgan fingerprint density at radius 3 is 2.26 bits per heavy atom. The van der Waals surface area contributed by atoms with E-state index in [1.165, 1.54) is 0 Å². The predicted octanol–water partition coefficient (Wildman–Crippen LogP) is 2.75. The van der Waals surface area contributed by atoms with Gasteiger partial charge in [-0.2, -0.15) is 0 Å². The van der Waals surface area contributed by atoms with Gasteiger partial charge in [0.25, 0.3) is 0 Å². The molecule has 0 aromatic carbocycles. The summed E-state index contributed by atoms with van der Waals surface area (Å²) in [6.45, 7) is 9.90. The molecule has 4 nitrogen and oxygen atoms in total. The van der Waals surface area contributed by atoms with Crippen LogP contribution in [-0.4, -0.2) is 31.1 Å². The zero-order valence-corrected chi connectivity index (χ0v) is 12.9. The topological polar surface area (TPSA) is 44.8 Å². The van der Waals surface area contributed by atoms with Crippen LogP contribution in [0.3, 0.4) is 0 Å². The van der Waals surface area contributed by atoms with E-state index in [1.54, 1.807) is 7.11 Å². The zero-order valence-electron chi connectivity index (χ0n) is 12.9. The van der Waals surface area contributed by atoms with Crippen molar-refractivity contribution >= 4 is 5.97 Å². The van der Waals surface area contributed by atoms with Crippen molar-refractivity contribution in [2.45, 2.75) is 65.5 Å². The molecule has 19 heavy (non-hydrogen) atoms. The molecule has 4 heteroatoms. The van der Waals surface area contributed by atoms with Crippen LogP contribution in [-0.2, 0) is 19.0 Å². The summed E-state index contributed by atoms with van der Waals surface area (Å²) in [7, 11) is 1.61. The Morgan fingerprint density at radius 1 is 1.26 bits per heavy atom. The summed E-state index contributed by atoms with van der Waals surface area (Å²) in [4.78, 5) is 12.1. The standard InChI is InChI=1S/C15H26O4/c1-9-7-15(8-9)10(2)11(12(17-6)19-15)18-13(16)14(3,4)5/h9-12H,7-8H2,1-6H3/t9?,10-,11?,12?,15?/m0/s1. The van der Waals surface area contributed by atoms with Crippen molar-refractivity contribution in [2.24, 2.45) is 17.3 Å². The van der Waals surface area contributed by atoms with Crippen molar-refractivity contribution in [2.75, 3.05) is 7.11 Å². The van der Waals surface area contributed by atoms with Crippen molar-refractivity contribution in [3.8, 4) is 0 Å². The van der Waals surface area contributed by atoms with Crippen LogP contribution in [0.15, 0.2) is 0 Å². The van der Waals surface area contributed by atoms with Gasteiger partial charge in [-0.1, -0.05) is 13.8 Å². The molecule has 1 saturated heterocycles. The molecule has 1 aliphatic carbocycles. The lowest BCUT2D eigenvalue weighted by Gasteiger charge is -2.45. The fraction of sp³-hybridized carbons (Fsp3) is 0.933. The summed E-state index contributed by atoms with van der Waals surface area (Å²) < 4.78 is 17.1. The number of hydrogen-bond donors (Lipinski definition) is 0. The molecule has 0 aromatic heterocycles. The Morgan fingerprint density at radius 2 is 1.84 bits per heavy atom. The normalized spacial score (nSPS) is 42.2. The monoisotopic (exact) mass is 270 g/mol. The minimum absolute atomic E-state index is 0.150. The summed E-state index contributed by atoms with van der Waals surface area (Å²) in [5.74, 6) is 0.663. The van der Waals surface area contributed by atoms with Gasteiger partial charge in [0.05, 0.1) is 11.0 Å². The maximum atomic E-state index is 12.1. The smallest absolute Gasteiger partial charge is 0.311 e. The van der Waals surface area contributed by atoms with Crippen LogP contribution in [0.5, 0.6) is 0 Å². The molecule has 110 valence electrons. The lowest BCUT2D eigenvalue weighted by molar-refractivity contribution is -0.213. The maximum Gasteiger partial charge on any atom is 0.311 e. The SMILES string of the molecule is COC1OC2(CC(C)C2)[C@@H](C)C1OC(=O)C(C)(C)C. The Kier molecular flexibility index (Phi) is 3.69. The number of hydrogen-bond acceptors (Lipinski definition) is 4. The minimum atomic E-state index is -0.499. The molecule has 0 N–H and O–H groups in total. The highest BCUT2D eigenvalue weighted by Gasteiger charge is 2.60. The quantitative estimate of drug-likeness (QED) is 0.724. The first-order valence-electron chi connectivity index (χ1n) is 7.11. The maximum absolute atomic E-state index is 12.1. The van der Waals surface area contributed by atoms with Crippen LogP contribution in [0.25, 0.3) is 0 Å². The second kappa shape index (κ2) is 4.74. The molecule has 2 fully saturated rings. The highest BCUT2D eigenvalue weighted by molar-refractivity contribution is 5.75. The molecule has 1 heterocycles. The van der Waals surface area contributed by atoms with Crippen LogP contribution >= 0.6 is 0 Å². The van der Waals surface area contributed by atoms with E-state index in [2.05, 4.69) is 13.8 Å². The molecule has 0 bridgehead atoms. The summed E-state index contributed by atoms with van der Waals surface area (Å²) in [5.41, 5.74) is -0.649. The third-order valence-electron chi connectivity index (χ3n) is 4.42. The molecular weight excluding hydrogens is 244 g/mol. The van der Waals surface area contributed by atoms with Gasteiger partial charge < -0.3 is 14.2 Å². The highest BCUT2D eigenvalue weighted by atomic mass is 16.7. The van der Waals surface area contributed by atoms with E-state index in [9.17, 15) is 4.79 Å². The van der Waals surface area contributed by atoms with Gasteiger partial charge in [-0.05, 0) is 39.5 Å². The van der Waals surface area contributed by atoms with Crippen LogP contribution in [0.1, 0.15) is 47.5 Å². The predicted molar refractivity (Wildman–Crippen MR) is 71.5 cm³/mol. The van der Waals surface area contributed by atoms with Crippen LogP contribution in [0.4, 0.5) is 0 Å². The molecule has 2 rings (SSSR count). The second-order valence-corrected chi connectivity index (χ2v) is 7.21. The molecule has 0 radical (unpaired) electrons. The van der Waals surface area contributed by atoms with E-state index in [0.29, 0.717) is 5.92 Å². The molecule has 0 amide bonds. The van der Waals surface area contributed by atoms with E-state index >= 15 is 0 Å². The summed E-state index contributed by atoms with van der Waals surface area (Å²) >= 11 is 0. The van der Waals surface area contributed by atoms with Gasteiger partial charge in [0.2, 0.25) is 0 Å². The van der Waals surface area contributed by atoms with Crippen molar-refractivity contribution in [3.63, 3.8) is 0 Å². The first-order chi connectivity index (χ1) is 8.69. The molecule has 3 atom stereocenters. The minimum Gasteiger partial charge on any atom is -0.456 e. The first kappa shape index (κ1) is 14.8. The number of ether oxygens (including phenoxy) is 3. The third kappa shape index (κ3) is 2.52. The molecule has 2 aliphatic rings. The second-order valence-electron chi connectivity index (χ2n) is 7.21. The number of rotatable bonds is 2. The largest absolute Gasteiger partial charge is 0.456 e. The number of carbonyl (C=O) groups is 1. The van der Waals surface area contributed by atoms with Gasteiger partial charge in [0.15, 0.2) is 12.4 Å². The van der Waals surface area contributed by atoms with Crippen LogP contribution in [0, 0.1) is 17.3 Å². The van der Waals surface area contributed by atoms with Gasteiger partial charge in [-0.15, -0.1) is 0 Å². The van der Waals surface area contributed by atoms with E-state index in [1.807, 2.05) is 20.8 Å². The lowest BCUT2D eigenvalue weighted by atomic mass is 9.65. The summed E-state index contributed by atoms with van der Waals surface area (Å²) in [5, 5.41) is 0. The van der Waals surface area contributed by atoms with E-state index in [0.717, 1.165) is 12.8 Å². The number of methoxy groups -OCH3 is 1. The molecular formula is C15H26O4. The fourth-order valence-corrected chi connectivity index (χ4v) is 3.17. The Labute approximate surface area is 115 Å². The molecule has 2 unspecified atom stereocenters. The average Bonchev–Trinajstić information content (AvgIpc) is 2.52. The Bertz CT molecular complexity index is 352. The van der Waals surface area contributed by atoms with Gasteiger partial charge >= 0.3 is 5.97 Å². The fourth-order valence-electron chi connectivity index (χ4n) is 3.17. The number of carbonyl (C=O) groups excluding carboxylic acids is 1. The zero-order chi connectivity index (χ0) is 14.4. The molecule has 1 aliphatic heterocycles. The van der Waals surface area contributed by atoms with Crippen molar-refractivity contribution in [1.82, 2.24) is 0 Å². The number of esters is 1. The van der Waals surface area contributed by atoms with Crippen molar-refractivity contribution in [1.29, 1.82) is 0 Å². The van der Waals surface area contributed by atoms with E-state index < -0.39 is 11.7 Å². The van der Waals surface area contributed by atoms with Crippen molar-refractivity contribution in [3.05, 3.63) is 0 Å².